The molecule has 0 aliphatic heterocycles. The summed E-state index contributed by atoms with van der Waals surface area (Å²) in [6.45, 7) is 8.80. The fraction of sp³-hybridized carbons (Fsp3) is 0.600. The summed E-state index contributed by atoms with van der Waals surface area (Å²) in [4.78, 5) is 0. The number of anilines is 1. The molecule has 0 heterocycles. The Labute approximate surface area is 110 Å². The maximum absolute atomic E-state index is 13.3. The number of rotatable bonds is 5. The molecule has 0 fully saturated rings. The number of ether oxygens (including phenoxy) is 1. The van der Waals surface area contributed by atoms with Crippen LogP contribution < -0.4 is 10.1 Å². The summed E-state index contributed by atoms with van der Waals surface area (Å²) < 4.78 is 18.4. The second-order valence-electron chi connectivity index (χ2n) is 6.02. The van der Waals surface area contributed by atoms with Gasteiger partial charge in [0.15, 0.2) is 0 Å². The van der Waals surface area contributed by atoms with E-state index in [1.165, 1.54) is 12.1 Å². The van der Waals surface area contributed by atoms with Gasteiger partial charge < -0.3 is 10.1 Å². The molecule has 1 rings (SSSR count). The van der Waals surface area contributed by atoms with Gasteiger partial charge in [0.05, 0.1) is 7.11 Å². The SMILES string of the molecule is COc1cc(F)cc(NC(C)CCC(C)(C)C)c1. The number of nitrogens with one attached hydrogen (secondary N) is 1. The van der Waals surface area contributed by atoms with Crippen LogP contribution in [0.25, 0.3) is 0 Å². The maximum atomic E-state index is 13.3. The Morgan fingerprint density at radius 2 is 1.94 bits per heavy atom. The lowest BCUT2D eigenvalue weighted by Crippen LogP contribution is -2.18. The van der Waals surface area contributed by atoms with E-state index in [4.69, 9.17) is 4.74 Å². The fourth-order valence-corrected chi connectivity index (χ4v) is 1.77. The van der Waals surface area contributed by atoms with Gasteiger partial charge in [0.1, 0.15) is 11.6 Å². The Bertz CT molecular complexity index is 385. The number of benzene rings is 1. The molecule has 0 bridgehead atoms. The molecule has 1 aromatic rings. The fourth-order valence-electron chi connectivity index (χ4n) is 1.77. The maximum Gasteiger partial charge on any atom is 0.128 e. The molecule has 1 N–H and O–H groups in total. The lowest BCUT2D eigenvalue weighted by atomic mass is 9.89. The van der Waals surface area contributed by atoms with Gasteiger partial charge >= 0.3 is 0 Å². The Kier molecular flexibility index (Phi) is 5.00. The highest BCUT2D eigenvalue weighted by Crippen LogP contribution is 2.24. The Morgan fingerprint density at radius 3 is 2.50 bits per heavy atom. The van der Waals surface area contributed by atoms with E-state index in [-0.39, 0.29) is 5.82 Å². The predicted octanol–water partition coefficient (Wildman–Crippen LogP) is 4.46. The van der Waals surface area contributed by atoms with Crippen LogP contribution in [-0.4, -0.2) is 13.2 Å². The van der Waals surface area contributed by atoms with Gasteiger partial charge in [-0.3, -0.25) is 0 Å². The van der Waals surface area contributed by atoms with Crippen LogP contribution in [0.3, 0.4) is 0 Å². The molecule has 1 atom stereocenters. The molecule has 0 radical (unpaired) electrons. The number of halogens is 1. The molecule has 0 aromatic heterocycles. The number of methoxy groups -OCH3 is 1. The van der Waals surface area contributed by atoms with Crippen molar-refractivity contribution in [1.29, 1.82) is 0 Å². The molecule has 0 amide bonds. The zero-order chi connectivity index (χ0) is 13.8. The summed E-state index contributed by atoms with van der Waals surface area (Å²) >= 11 is 0. The third kappa shape index (κ3) is 5.39. The third-order valence-corrected chi connectivity index (χ3v) is 2.85. The molecule has 0 saturated heterocycles. The molecule has 102 valence electrons. The van der Waals surface area contributed by atoms with Gasteiger partial charge in [-0.15, -0.1) is 0 Å². The second kappa shape index (κ2) is 6.07. The molecule has 3 heteroatoms. The summed E-state index contributed by atoms with van der Waals surface area (Å²) in [5, 5.41) is 3.31. The first-order valence-electron chi connectivity index (χ1n) is 6.41. The van der Waals surface area contributed by atoms with Crippen LogP contribution in [0.2, 0.25) is 0 Å². The van der Waals surface area contributed by atoms with Crippen molar-refractivity contribution in [3.63, 3.8) is 0 Å². The molecule has 0 saturated carbocycles. The van der Waals surface area contributed by atoms with Crippen molar-refractivity contribution in [2.75, 3.05) is 12.4 Å². The summed E-state index contributed by atoms with van der Waals surface area (Å²) in [5.74, 6) is 0.264. The lowest BCUT2D eigenvalue weighted by molar-refractivity contribution is 0.357. The quantitative estimate of drug-likeness (QED) is 0.836. The first-order valence-corrected chi connectivity index (χ1v) is 6.41. The largest absolute Gasteiger partial charge is 0.497 e. The van der Waals surface area contributed by atoms with Crippen molar-refractivity contribution in [1.82, 2.24) is 0 Å². The highest BCUT2D eigenvalue weighted by Gasteiger charge is 2.12. The van der Waals surface area contributed by atoms with Crippen LogP contribution in [0, 0.1) is 11.2 Å². The minimum absolute atomic E-state index is 0.278. The molecule has 2 nitrogen and oxygen atoms in total. The summed E-state index contributed by atoms with van der Waals surface area (Å²) in [6, 6.07) is 5.01. The van der Waals surface area contributed by atoms with Crippen molar-refractivity contribution >= 4 is 5.69 Å². The van der Waals surface area contributed by atoms with E-state index in [1.807, 2.05) is 6.07 Å². The molecular formula is C15H24FNO. The van der Waals surface area contributed by atoms with E-state index in [0.29, 0.717) is 17.2 Å². The van der Waals surface area contributed by atoms with Gasteiger partial charge in [0.25, 0.3) is 0 Å². The molecule has 0 aliphatic carbocycles. The van der Waals surface area contributed by atoms with Crippen molar-refractivity contribution in [2.24, 2.45) is 5.41 Å². The van der Waals surface area contributed by atoms with E-state index in [2.05, 4.69) is 33.0 Å². The highest BCUT2D eigenvalue weighted by atomic mass is 19.1. The molecule has 1 aromatic carbocycles. The van der Waals surface area contributed by atoms with Crippen molar-refractivity contribution in [3.8, 4) is 5.75 Å². The summed E-state index contributed by atoms with van der Waals surface area (Å²) in [6.07, 6.45) is 2.19. The van der Waals surface area contributed by atoms with Gasteiger partial charge in [0.2, 0.25) is 0 Å². The van der Waals surface area contributed by atoms with Crippen molar-refractivity contribution < 1.29 is 9.13 Å². The smallest absolute Gasteiger partial charge is 0.128 e. The zero-order valence-electron chi connectivity index (χ0n) is 12.0. The van der Waals surface area contributed by atoms with Crippen LogP contribution in [0.1, 0.15) is 40.5 Å². The second-order valence-corrected chi connectivity index (χ2v) is 6.02. The summed E-state index contributed by atoms with van der Waals surface area (Å²) in [7, 11) is 1.54. The Balaban J connectivity index is 2.58. The van der Waals surface area contributed by atoms with E-state index >= 15 is 0 Å². The average molecular weight is 253 g/mol. The Hall–Kier alpha value is -1.25. The van der Waals surface area contributed by atoms with E-state index < -0.39 is 0 Å². The van der Waals surface area contributed by atoms with Crippen LogP contribution >= 0.6 is 0 Å². The third-order valence-electron chi connectivity index (χ3n) is 2.85. The van der Waals surface area contributed by atoms with E-state index in [0.717, 1.165) is 18.5 Å². The molecule has 1 unspecified atom stereocenters. The highest BCUT2D eigenvalue weighted by molar-refractivity contribution is 5.49. The van der Waals surface area contributed by atoms with Gasteiger partial charge in [-0.05, 0) is 31.2 Å². The van der Waals surface area contributed by atoms with Gasteiger partial charge in [-0.2, -0.15) is 0 Å². The van der Waals surface area contributed by atoms with Crippen LogP contribution in [0.4, 0.5) is 10.1 Å². The Morgan fingerprint density at radius 1 is 1.28 bits per heavy atom. The first kappa shape index (κ1) is 14.8. The van der Waals surface area contributed by atoms with Crippen molar-refractivity contribution in [2.45, 2.75) is 46.6 Å². The van der Waals surface area contributed by atoms with Gasteiger partial charge in [0, 0.05) is 23.9 Å². The molecule has 0 spiro atoms. The standard InChI is InChI=1S/C15H24FNO/c1-11(6-7-15(2,3)4)17-13-8-12(16)9-14(10-13)18-5/h8-11,17H,6-7H2,1-5H3. The van der Waals surface area contributed by atoms with E-state index in [1.54, 1.807) is 7.11 Å². The summed E-state index contributed by atoms with van der Waals surface area (Å²) in [5.41, 5.74) is 1.10. The first-order chi connectivity index (χ1) is 8.30. The van der Waals surface area contributed by atoms with Crippen LogP contribution in [0.15, 0.2) is 18.2 Å². The molecular weight excluding hydrogens is 229 g/mol. The minimum Gasteiger partial charge on any atom is -0.497 e. The topological polar surface area (TPSA) is 21.3 Å². The van der Waals surface area contributed by atoms with Crippen LogP contribution in [-0.2, 0) is 0 Å². The van der Waals surface area contributed by atoms with Gasteiger partial charge in [-0.1, -0.05) is 20.8 Å². The van der Waals surface area contributed by atoms with Crippen LogP contribution in [0.5, 0.6) is 5.75 Å². The molecule has 0 aliphatic rings. The lowest BCUT2D eigenvalue weighted by Gasteiger charge is -2.22. The number of hydrogen-bond acceptors (Lipinski definition) is 2. The monoisotopic (exact) mass is 253 g/mol. The molecule has 18 heavy (non-hydrogen) atoms. The average Bonchev–Trinajstić information content (AvgIpc) is 2.24. The van der Waals surface area contributed by atoms with Crippen molar-refractivity contribution in [3.05, 3.63) is 24.0 Å². The normalized spacial score (nSPS) is 13.2. The van der Waals surface area contributed by atoms with Gasteiger partial charge in [-0.25, -0.2) is 4.39 Å². The van der Waals surface area contributed by atoms with E-state index in [9.17, 15) is 4.39 Å². The predicted molar refractivity (Wildman–Crippen MR) is 74.7 cm³/mol. The zero-order valence-corrected chi connectivity index (χ0v) is 12.0. The number of hydrogen-bond donors (Lipinski definition) is 1. The minimum atomic E-state index is -0.278.